The molecule has 25 heavy (non-hydrogen) atoms. The molecule has 0 radical (unpaired) electrons. The fraction of sp³-hybridized carbons (Fsp3) is 0.444. The highest BCUT2D eigenvalue weighted by Gasteiger charge is 2.25. The van der Waals surface area contributed by atoms with Gasteiger partial charge in [0, 0.05) is 30.6 Å². The van der Waals surface area contributed by atoms with Crippen LogP contribution in [0.5, 0.6) is 0 Å². The normalized spacial score (nSPS) is 15.1. The van der Waals surface area contributed by atoms with Gasteiger partial charge in [-0.05, 0) is 60.6 Å². The number of benzene rings is 1. The Morgan fingerprint density at radius 1 is 1.32 bits per heavy atom. The van der Waals surface area contributed by atoms with Gasteiger partial charge in [-0.1, -0.05) is 24.5 Å². The van der Waals surface area contributed by atoms with E-state index in [1.165, 1.54) is 31.2 Å². The van der Waals surface area contributed by atoms with Gasteiger partial charge < -0.3 is 10.2 Å². The smallest absolute Gasteiger partial charge is 0.184 e. The summed E-state index contributed by atoms with van der Waals surface area (Å²) in [5, 5.41) is 17.5. The summed E-state index contributed by atoms with van der Waals surface area (Å²) in [4.78, 5) is 2.30. The van der Waals surface area contributed by atoms with Crippen molar-refractivity contribution in [2.24, 2.45) is 0 Å². The molecule has 1 aliphatic rings. The van der Waals surface area contributed by atoms with E-state index in [2.05, 4.69) is 56.9 Å². The third-order valence-electron chi connectivity index (χ3n) is 5.08. The van der Waals surface area contributed by atoms with Crippen molar-refractivity contribution in [3.63, 3.8) is 0 Å². The van der Waals surface area contributed by atoms with Gasteiger partial charge in [0.2, 0.25) is 0 Å². The summed E-state index contributed by atoms with van der Waals surface area (Å²) >= 11 is 5.59. The number of nitrogens with one attached hydrogen (secondary N) is 1. The maximum Gasteiger partial charge on any atom is 0.184 e. The van der Waals surface area contributed by atoms with Crippen LogP contribution in [0.3, 0.4) is 0 Å². The predicted octanol–water partition coefficient (Wildman–Crippen LogP) is 2.83. The molecule has 0 aliphatic heterocycles. The van der Waals surface area contributed by atoms with E-state index in [-0.39, 0.29) is 0 Å². The maximum absolute atomic E-state index is 5.59. The monoisotopic (exact) mass is 354 g/mol. The number of nitrogens with zero attached hydrogens (tertiary/aromatic N) is 5. The minimum atomic E-state index is 0.490. The van der Waals surface area contributed by atoms with Gasteiger partial charge in [0.1, 0.15) is 0 Å². The van der Waals surface area contributed by atoms with Gasteiger partial charge in [-0.25, -0.2) is 0 Å². The highest BCUT2D eigenvalue weighted by molar-refractivity contribution is 7.80. The lowest BCUT2D eigenvalue weighted by molar-refractivity contribution is 0.306. The molecule has 4 rings (SSSR count). The van der Waals surface area contributed by atoms with Crippen molar-refractivity contribution >= 4 is 33.9 Å². The van der Waals surface area contributed by atoms with Crippen molar-refractivity contribution in [2.75, 3.05) is 7.05 Å². The molecule has 1 N–H and O–H groups in total. The number of tetrazole rings is 1. The summed E-state index contributed by atoms with van der Waals surface area (Å²) in [5.41, 5.74) is 4.16. The highest BCUT2D eigenvalue weighted by atomic mass is 32.1. The first-order valence-corrected chi connectivity index (χ1v) is 9.17. The topological polar surface area (TPSA) is 58.4 Å². The van der Waals surface area contributed by atoms with Crippen molar-refractivity contribution in [1.82, 2.24) is 30.3 Å². The molecule has 0 atom stereocenters. The first kappa shape index (κ1) is 16.2. The molecule has 0 unspecified atom stereocenters. The second-order valence-corrected chi connectivity index (χ2v) is 7.15. The molecule has 6 nitrogen and oxygen atoms in total. The molecule has 2 heterocycles. The van der Waals surface area contributed by atoms with Crippen molar-refractivity contribution < 1.29 is 0 Å². The Labute approximate surface area is 152 Å². The first-order chi connectivity index (χ1) is 12.2. The molecule has 1 aromatic carbocycles. The zero-order valence-electron chi connectivity index (χ0n) is 14.6. The number of thiocarbonyl (C=S) groups is 1. The number of aromatic nitrogens is 4. The van der Waals surface area contributed by atoms with Crippen molar-refractivity contribution in [3.8, 4) is 0 Å². The minimum absolute atomic E-state index is 0.490. The number of pyridine rings is 1. The van der Waals surface area contributed by atoms with E-state index < -0.39 is 0 Å². The average Bonchev–Trinajstić information content (AvgIpc) is 3.30. The standard InChI is InChI=1S/C18H22N6S/c1-12-7-8-16-13(9-12)10-14(17-20-21-22-24(16)17)11-23(18(25)19-2)15-5-3-4-6-15/h7-10,15H,3-6,11H2,1-2H3,(H,19,25). The molecule has 2 aromatic heterocycles. The van der Waals surface area contributed by atoms with Crippen LogP contribution in [0.25, 0.3) is 16.6 Å². The summed E-state index contributed by atoms with van der Waals surface area (Å²) < 4.78 is 1.83. The molecule has 0 saturated heterocycles. The zero-order chi connectivity index (χ0) is 17.4. The van der Waals surface area contributed by atoms with Gasteiger partial charge in [0.25, 0.3) is 0 Å². The molecule has 130 valence electrons. The Kier molecular flexibility index (Phi) is 4.25. The van der Waals surface area contributed by atoms with E-state index in [4.69, 9.17) is 12.2 Å². The number of rotatable bonds is 3. The van der Waals surface area contributed by atoms with E-state index >= 15 is 0 Å². The van der Waals surface area contributed by atoms with Gasteiger partial charge in [-0.15, -0.1) is 5.10 Å². The van der Waals surface area contributed by atoms with E-state index in [1.54, 1.807) is 0 Å². The predicted molar refractivity (Wildman–Crippen MR) is 102 cm³/mol. The maximum atomic E-state index is 5.59. The Balaban J connectivity index is 1.80. The van der Waals surface area contributed by atoms with Gasteiger partial charge in [0.15, 0.2) is 10.8 Å². The van der Waals surface area contributed by atoms with E-state index in [0.717, 1.165) is 33.8 Å². The molecule has 7 heteroatoms. The summed E-state index contributed by atoms with van der Waals surface area (Å²) in [6.07, 6.45) is 4.92. The lowest BCUT2D eigenvalue weighted by Crippen LogP contribution is -2.43. The Morgan fingerprint density at radius 3 is 2.88 bits per heavy atom. The number of hydrogen-bond donors (Lipinski definition) is 1. The molecule has 1 saturated carbocycles. The van der Waals surface area contributed by atoms with E-state index in [1.807, 2.05) is 11.6 Å². The lowest BCUT2D eigenvalue weighted by Gasteiger charge is -2.31. The number of fused-ring (bicyclic) bond motifs is 3. The van der Waals surface area contributed by atoms with Gasteiger partial charge in [0.05, 0.1) is 5.52 Å². The summed E-state index contributed by atoms with van der Waals surface area (Å²) in [5.74, 6) is 0. The lowest BCUT2D eigenvalue weighted by atomic mass is 10.1. The fourth-order valence-electron chi connectivity index (χ4n) is 3.81. The molecule has 1 aliphatic carbocycles. The largest absolute Gasteiger partial charge is 0.366 e. The average molecular weight is 354 g/mol. The second-order valence-electron chi connectivity index (χ2n) is 6.77. The van der Waals surface area contributed by atoms with Crippen LogP contribution in [0.4, 0.5) is 0 Å². The Morgan fingerprint density at radius 2 is 2.12 bits per heavy atom. The van der Waals surface area contributed by atoms with Crippen LogP contribution in [-0.2, 0) is 6.54 Å². The second kappa shape index (κ2) is 6.55. The van der Waals surface area contributed by atoms with Crippen LogP contribution in [0.1, 0.15) is 36.8 Å². The fourth-order valence-corrected chi connectivity index (χ4v) is 4.02. The van der Waals surface area contributed by atoms with Crippen LogP contribution < -0.4 is 5.32 Å². The zero-order valence-corrected chi connectivity index (χ0v) is 15.4. The molecule has 0 amide bonds. The molecule has 0 spiro atoms. The van der Waals surface area contributed by atoms with Gasteiger partial charge in [-0.3, -0.25) is 0 Å². The van der Waals surface area contributed by atoms with E-state index in [9.17, 15) is 0 Å². The van der Waals surface area contributed by atoms with Gasteiger partial charge in [-0.2, -0.15) is 4.52 Å². The summed E-state index contributed by atoms with van der Waals surface area (Å²) in [6.45, 7) is 2.82. The highest BCUT2D eigenvalue weighted by Crippen LogP contribution is 2.27. The summed E-state index contributed by atoms with van der Waals surface area (Å²) in [6, 6.07) is 9.03. The first-order valence-electron chi connectivity index (χ1n) is 8.76. The quantitative estimate of drug-likeness (QED) is 0.730. The van der Waals surface area contributed by atoms with Crippen LogP contribution >= 0.6 is 12.2 Å². The Hall–Kier alpha value is -2.28. The van der Waals surface area contributed by atoms with Crippen molar-refractivity contribution in [3.05, 3.63) is 35.4 Å². The molecule has 1 fully saturated rings. The molecular formula is C18H22N6S. The minimum Gasteiger partial charge on any atom is -0.366 e. The molecular weight excluding hydrogens is 332 g/mol. The van der Waals surface area contributed by atoms with Crippen LogP contribution in [0.2, 0.25) is 0 Å². The number of hydrogen-bond acceptors (Lipinski definition) is 4. The number of aryl methyl sites for hydroxylation is 1. The third-order valence-corrected chi connectivity index (χ3v) is 5.52. The van der Waals surface area contributed by atoms with Crippen molar-refractivity contribution in [1.29, 1.82) is 0 Å². The summed E-state index contributed by atoms with van der Waals surface area (Å²) in [7, 11) is 1.89. The molecule has 3 aromatic rings. The Bertz CT molecular complexity index is 928. The van der Waals surface area contributed by atoms with Crippen LogP contribution in [0, 0.1) is 6.92 Å². The van der Waals surface area contributed by atoms with Crippen molar-refractivity contribution in [2.45, 2.75) is 45.2 Å². The SMILES string of the molecule is CNC(=S)N(Cc1cc2cc(C)ccc2n2nnnc12)C1CCCC1. The van der Waals surface area contributed by atoms with Gasteiger partial charge >= 0.3 is 0 Å². The third kappa shape index (κ3) is 2.93. The van der Waals surface area contributed by atoms with Crippen LogP contribution in [0.15, 0.2) is 24.3 Å². The van der Waals surface area contributed by atoms with E-state index in [0.29, 0.717) is 6.04 Å². The molecule has 0 bridgehead atoms. The van der Waals surface area contributed by atoms with Crippen LogP contribution in [-0.4, -0.2) is 43.1 Å².